The second-order valence-electron chi connectivity index (χ2n) is 14.4. The van der Waals surface area contributed by atoms with Gasteiger partial charge in [-0.2, -0.15) is 0 Å². The van der Waals surface area contributed by atoms with Gasteiger partial charge in [0.25, 0.3) is 0 Å². The highest BCUT2D eigenvalue weighted by Gasteiger charge is 2.16. The molecular weight excluding hydrogens is 592 g/mol. The molecule has 0 aliphatic carbocycles. The summed E-state index contributed by atoms with van der Waals surface area (Å²) in [6.07, 6.45) is 40.5. The summed E-state index contributed by atoms with van der Waals surface area (Å²) in [7, 11) is 0. The third-order valence-electron chi connectivity index (χ3n) is 9.65. The molecule has 0 N–H and O–H groups in total. The summed E-state index contributed by atoms with van der Waals surface area (Å²) < 4.78 is 19.2. The molecule has 0 spiro atoms. The van der Waals surface area contributed by atoms with Crippen molar-refractivity contribution in [2.75, 3.05) is 19.8 Å². The van der Waals surface area contributed by atoms with Crippen LogP contribution in [-0.4, -0.2) is 26.1 Å². The predicted molar refractivity (Wildman–Crippen MR) is 208 cm³/mol. The van der Waals surface area contributed by atoms with Gasteiger partial charge in [0.2, 0.25) is 5.75 Å². The van der Waals surface area contributed by atoms with Crippen LogP contribution in [0.3, 0.4) is 0 Å². The maximum atomic E-state index is 11.5. The van der Waals surface area contributed by atoms with Crippen LogP contribution in [0.4, 0.5) is 0 Å². The molecule has 0 unspecified atom stereocenters. The standard InChI is InChI=1S/C44H80O4/c1-4-7-10-13-16-19-22-25-28-31-36-46-42-39-41(34-35-45)40-43(47-37-32-29-26-23-20-17-14-11-8-5-2)44(42)48-38-33-30-27-24-21-18-15-12-9-6-3/h35,39-40H,4-34,36-38H2,1-3H3. The molecule has 280 valence electrons. The SMILES string of the molecule is CCCCCCCCCCCCOc1cc(CC=O)cc(OCCCCCCCCCCCC)c1OCCCCCCCCCCCC. The largest absolute Gasteiger partial charge is 0.490 e. The molecule has 1 rings (SSSR count). The van der Waals surface area contributed by atoms with Gasteiger partial charge in [0.1, 0.15) is 6.29 Å². The molecule has 0 aromatic heterocycles. The van der Waals surface area contributed by atoms with Crippen molar-refractivity contribution >= 4 is 6.29 Å². The molecular formula is C44H80O4. The highest BCUT2D eigenvalue weighted by atomic mass is 16.5. The maximum Gasteiger partial charge on any atom is 0.203 e. The summed E-state index contributed by atoms with van der Waals surface area (Å²) in [5.74, 6) is 2.23. The van der Waals surface area contributed by atoms with E-state index in [0.717, 1.165) is 48.4 Å². The van der Waals surface area contributed by atoms with E-state index >= 15 is 0 Å². The third kappa shape index (κ3) is 26.2. The molecule has 4 heteroatoms. The first-order chi connectivity index (χ1) is 23.8. The van der Waals surface area contributed by atoms with E-state index in [2.05, 4.69) is 20.8 Å². The van der Waals surface area contributed by atoms with Crippen LogP contribution >= 0.6 is 0 Å². The Morgan fingerprint density at radius 2 is 0.667 bits per heavy atom. The Labute approximate surface area is 299 Å². The normalized spacial score (nSPS) is 11.2. The van der Waals surface area contributed by atoms with Crippen LogP contribution < -0.4 is 14.2 Å². The lowest BCUT2D eigenvalue weighted by molar-refractivity contribution is -0.107. The summed E-state index contributed by atoms with van der Waals surface area (Å²) in [5, 5.41) is 0. The van der Waals surface area contributed by atoms with Crippen LogP contribution in [0, 0.1) is 0 Å². The third-order valence-corrected chi connectivity index (χ3v) is 9.65. The maximum absolute atomic E-state index is 11.5. The van der Waals surface area contributed by atoms with Gasteiger partial charge in [-0.3, -0.25) is 0 Å². The Hall–Kier alpha value is -1.71. The second kappa shape index (κ2) is 35.1. The van der Waals surface area contributed by atoms with E-state index in [9.17, 15) is 4.79 Å². The van der Waals surface area contributed by atoms with Gasteiger partial charge in [-0.05, 0) is 37.0 Å². The molecule has 48 heavy (non-hydrogen) atoms. The van der Waals surface area contributed by atoms with Crippen molar-refractivity contribution in [1.82, 2.24) is 0 Å². The summed E-state index contributed by atoms with van der Waals surface area (Å²) in [4.78, 5) is 11.5. The van der Waals surface area contributed by atoms with Crippen LogP contribution in [-0.2, 0) is 11.2 Å². The van der Waals surface area contributed by atoms with Crippen LogP contribution in [0.15, 0.2) is 12.1 Å². The fraction of sp³-hybridized carbons (Fsp3) is 0.841. The summed E-state index contributed by atoms with van der Waals surface area (Å²) in [6, 6.07) is 4.01. The number of unbranched alkanes of at least 4 members (excludes halogenated alkanes) is 27. The average Bonchev–Trinajstić information content (AvgIpc) is 3.09. The van der Waals surface area contributed by atoms with E-state index in [4.69, 9.17) is 14.2 Å². The smallest absolute Gasteiger partial charge is 0.203 e. The van der Waals surface area contributed by atoms with E-state index in [-0.39, 0.29) is 0 Å². The number of ether oxygens (including phenoxy) is 3. The van der Waals surface area contributed by atoms with Crippen molar-refractivity contribution in [2.24, 2.45) is 0 Å². The minimum Gasteiger partial charge on any atom is -0.490 e. The molecule has 0 aliphatic heterocycles. The van der Waals surface area contributed by atoms with Crippen molar-refractivity contribution < 1.29 is 19.0 Å². The molecule has 0 bridgehead atoms. The number of hydrogen-bond donors (Lipinski definition) is 0. The fourth-order valence-corrected chi connectivity index (χ4v) is 6.51. The first-order valence-electron chi connectivity index (χ1n) is 21.3. The fourth-order valence-electron chi connectivity index (χ4n) is 6.51. The molecule has 0 amide bonds. The van der Waals surface area contributed by atoms with E-state index in [1.54, 1.807) is 0 Å². The number of carbonyl (C=O) groups excluding carboxylic acids is 1. The zero-order valence-corrected chi connectivity index (χ0v) is 32.4. The molecule has 0 fully saturated rings. The lowest BCUT2D eigenvalue weighted by Crippen LogP contribution is -2.07. The van der Waals surface area contributed by atoms with Crippen molar-refractivity contribution in [2.45, 2.75) is 220 Å². The molecule has 0 heterocycles. The zero-order chi connectivity index (χ0) is 34.6. The van der Waals surface area contributed by atoms with E-state index in [1.165, 1.54) is 173 Å². The number of carbonyl (C=O) groups is 1. The average molecular weight is 673 g/mol. The predicted octanol–water partition coefficient (Wildman–Crippen LogP) is 14.3. The highest BCUT2D eigenvalue weighted by Crippen LogP contribution is 2.40. The molecule has 0 saturated carbocycles. The highest BCUT2D eigenvalue weighted by molar-refractivity contribution is 5.60. The van der Waals surface area contributed by atoms with Gasteiger partial charge in [0.05, 0.1) is 19.8 Å². The topological polar surface area (TPSA) is 44.8 Å². The van der Waals surface area contributed by atoms with Crippen LogP contribution in [0.25, 0.3) is 0 Å². The van der Waals surface area contributed by atoms with Crippen molar-refractivity contribution in [1.29, 1.82) is 0 Å². The number of aldehydes is 1. The Balaban J connectivity index is 2.60. The van der Waals surface area contributed by atoms with Crippen LogP contribution in [0.1, 0.15) is 219 Å². The minimum atomic E-state index is 0.363. The summed E-state index contributed by atoms with van der Waals surface area (Å²) >= 11 is 0. The quantitative estimate of drug-likeness (QED) is 0.0518. The zero-order valence-electron chi connectivity index (χ0n) is 32.4. The molecule has 0 atom stereocenters. The molecule has 1 aromatic rings. The van der Waals surface area contributed by atoms with Crippen LogP contribution in [0.5, 0.6) is 17.2 Å². The number of benzene rings is 1. The Bertz CT molecular complexity index is 775. The van der Waals surface area contributed by atoms with Gasteiger partial charge < -0.3 is 19.0 Å². The summed E-state index contributed by atoms with van der Waals surface area (Å²) in [5.41, 5.74) is 0.937. The molecule has 4 nitrogen and oxygen atoms in total. The molecule has 1 aromatic carbocycles. The molecule has 0 aliphatic rings. The van der Waals surface area contributed by atoms with Crippen molar-refractivity contribution in [3.8, 4) is 17.2 Å². The Morgan fingerprint density at radius 3 is 0.958 bits per heavy atom. The summed E-state index contributed by atoms with van der Waals surface area (Å²) in [6.45, 7) is 8.86. The lowest BCUT2D eigenvalue weighted by atomic mass is 10.1. The Kier molecular flexibility index (Phi) is 32.4. The van der Waals surface area contributed by atoms with Gasteiger partial charge in [-0.15, -0.1) is 0 Å². The van der Waals surface area contributed by atoms with E-state index in [0.29, 0.717) is 26.2 Å². The van der Waals surface area contributed by atoms with Gasteiger partial charge in [0, 0.05) is 6.42 Å². The number of rotatable bonds is 38. The van der Waals surface area contributed by atoms with E-state index in [1.807, 2.05) is 12.1 Å². The first-order valence-corrected chi connectivity index (χ1v) is 21.3. The number of hydrogen-bond acceptors (Lipinski definition) is 4. The molecule has 0 saturated heterocycles. The van der Waals surface area contributed by atoms with Gasteiger partial charge >= 0.3 is 0 Å². The van der Waals surface area contributed by atoms with Crippen LogP contribution in [0.2, 0.25) is 0 Å². The van der Waals surface area contributed by atoms with Gasteiger partial charge in [-0.1, -0.05) is 194 Å². The monoisotopic (exact) mass is 673 g/mol. The van der Waals surface area contributed by atoms with Gasteiger partial charge in [0.15, 0.2) is 11.5 Å². The first kappa shape index (κ1) is 44.3. The van der Waals surface area contributed by atoms with E-state index < -0.39 is 0 Å². The Morgan fingerprint density at radius 1 is 0.396 bits per heavy atom. The van der Waals surface area contributed by atoms with Crippen molar-refractivity contribution in [3.63, 3.8) is 0 Å². The lowest BCUT2D eigenvalue weighted by Gasteiger charge is -2.19. The minimum absolute atomic E-state index is 0.363. The van der Waals surface area contributed by atoms with Gasteiger partial charge in [-0.25, -0.2) is 0 Å². The second-order valence-corrected chi connectivity index (χ2v) is 14.4. The molecule has 0 radical (unpaired) electrons. The van der Waals surface area contributed by atoms with Crippen molar-refractivity contribution in [3.05, 3.63) is 17.7 Å².